The van der Waals surface area contributed by atoms with Gasteiger partial charge in [0.1, 0.15) is 6.54 Å². The van der Waals surface area contributed by atoms with Gasteiger partial charge < -0.3 is 10.6 Å². The van der Waals surface area contributed by atoms with Crippen LogP contribution in [0, 0.1) is 5.92 Å². The van der Waals surface area contributed by atoms with Crippen molar-refractivity contribution in [3.63, 3.8) is 0 Å². The van der Waals surface area contributed by atoms with Gasteiger partial charge in [0.15, 0.2) is 0 Å². The predicted molar refractivity (Wildman–Crippen MR) is 63.1 cm³/mol. The van der Waals surface area contributed by atoms with Crippen LogP contribution in [0.5, 0.6) is 0 Å². The fourth-order valence-electron chi connectivity index (χ4n) is 2.24. The fraction of sp³-hybridized carbons (Fsp3) is 0.917. The average Bonchev–Trinajstić information content (AvgIpc) is 2.77. The van der Waals surface area contributed by atoms with Crippen LogP contribution in [0.3, 0.4) is 0 Å². The molecule has 1 fully saturated rings. The van der Waals surface area contributed by atoms with E-state index in [0.717, 1.165) is 6.42 Å². The molecule has 0 aromatic carbocycles. The van der Waals surface area contributed by atoms with Crippen molar-refractivity contribution >= 4 is 5.91 Å². The summed E-state index contributed by atoms with van der Waals surface area (Å²) in [6.45, 7) is 1.01. The number of alkyl halides is 3. The molecule has 0 saturated heterocycles. The van der Waals surface area contributed by atoms with Crippen molar-refractivity contribution in [2.75, 3.05) is 13.1 Å². The van der Waals surface area contributed by atoms with Crippen LogP contribution < -0.4 is 10.6 Å². The van der Waals surface area contributed by atoms with Crippen LogP contribution in [-0.4, -0.2) is 31.2 Å². The number of carbonyl (C=O) groups excluding carboxylic acids is 1. The second-order valence-corrected chi connectivity index (χ2v) is 4.95. The summed E-state index contributed by atoms with van der Waals surface area (Å²) in [5.41, 5.74) is 0. The molecule has 1 atom stereocenters. The zero-order chi connectivity index (χ0) is 13.6. The molecule has 0 radical (unpaired) electrons. The topological polar surface area (TPSA) is 41.1 Å². The van der Waals surface area contributed by atoms with Crippen molar-refractivity contribution in [1.82, 2.24) is 10.6 Å². The summed E-state index contributed by atoms with van der Waals surface area (Å²) in [6, 6.07) is -0.575. The quantitative estimate of drug-likeness (QED) is 0.774. The molecule has 1 saturated carbocycles. The highest BCUT2D eigenvalue weighted by atomic mass is 19.4. The molecule has 0 aliphatic heterocycles. The second-order valence-electron chi connectivity index (χ2n) is 4.95. The highest BCUT2D eigenvalue weighted by molar-refractivity contribution is 5.81. The number of nitrogens with one attached hydrogen (secondary N) is 2. The normalized spacial score (nSPS) is 18.9. The van der Waals surface area contributed by atoms with E-state index in [0.29, 0.717) is 12.5 Å². The van der Waals surface area contributed by atoms with Crippen LogP contribution in [0.4, 0.5) is 13.2 Å². The lowest BCUT2D eigenvalue weighted by Crippen LogP contribution is -2.45. The Hall–Kier alpha value is -0.780. The first-order valence-corrected chi connectivity index (χ1v) is 6.46. The minimum atomic E-state index is -4.35. The minimum absolute atomic E-state index is 0.575. The van der Waals surface area contributed by atoms with Crippen LogP contribution in [0.1, 0.15) is 39.0 Å². The van der Waals surface area contributed by atoms with E-state index in [1.54, 1.807) is 6.92 Å². The highest BCUT2D eigenvalue weighted by Crippen LogP contribution is 2.26. The number of hydrogen-bond acceptors (Lipinski definition) is 2. The van der Waals surface area contributed by atoms with Crippen LogP contribution in [0.25, 0.3) is 0 Å². The van der Waals surface area contributed by atoms with Gasteiger partial charge in [-0.05, 0) is 25.8 Å². The Kier molecular flexibility index (Phi) is 5.91. The van der Waals surface area contributed by atoms with Gasteiger partial charge in [-0.15, -0.1) is 0 Å². The third kappa shape index (κ3) is 6.23. The predicted octanol–water partition coefficient (Wildman–Crippen LogP) is 2.22. The number of carbonyl (C=O) groups is 1. The van der Waals surface area contributed by atoms with Gasteiger partial charge in [0.25, 0.3) is 0 Å². The van der Waals surface area contributed by atoms with Crippen molar-refractivity contribution in [2.24, 2.45) is 5.92 Å². The number of amides is 1. The van der Waals surface area contributed by atoms with Gasteiger partial charge in [-0.1, -0.05) is 25.7 Å². The van der Waals surface area contributed by atoms with E-state index >= 15 is 0 Å². The van der Waals surface area contributed by atoms with Gasteiger partial charge in [0.05, 0.1) is 6.04 Å². The van der Waals surface area contributed by atoms with Gasteiger partial charge in [-0.3, -0.25) is 4.79 Å². The highest BCUT2D eigenvalue weighted by Gasteiger charge is 2.28. The van der Waals surface area contributed by atoms with Crippen molar-refractivity contribution in [2.45, 2.75) is 51.2 Å². The molecule has 0 spiro atoms. The summed E-state index contributed by atoms with van der Waals surface area (Å²) in [6.07, 6.45) is 1.65. The standard InChI is InChI=1S/C12H21F3N2O/c1-9(11(18)17-8-12(13,14)15)16-7-6-10-4-2-3-5-10/h9-10,16H,2-8H2,1H3,(H,17,18). The molecular formula is C12H21F3N2O. The maximum Gasteiger partial charge on any atom is 0.405 e. The number of hydrogen-bond donors (Lipinski definition) is 2. The third-order valence-corrected chi connectivity index (χ3v) is 3.33. The lowest BCUT2D eigenvalue weighted by Gasteiger charge is -2.16. The zero-order valence-corrected chi connectivity index (χ0v) is 10.6. The molecule has 0 aromatic rings. The molecule has 1 rings (SSSR count). The first-order valence-electron chi connectivity index (χ1n) is 6.46. The third-order valence-electron chi connectivity index (χ3n) is 3.33. The summed E-state index contributed by atoms with van der Waals surface area (Å²) < 4.78 is 35.7. The monoisotopic (exact) mass is 266 g/mol. The Labute approximate surface area is 106 Å². The van der Waals surface area contributed by atoms with Crippen LogP contribution in [-0.2, 0) is 4.79 Å². The average molecular weight is 266 g/mol. The molecule has 106 valence electrons. The Morgan fingerprint density at radius 3 is 2.50 bits per heavy atom. The maximum absolute atomic E-state index is 11.9. The van der Waals surface area contributed by atoms with E-state index in [9.17, 15) is 18.0 Å². The summed E-state index contributed by atoms with van der Waals surface area (Å²) in [4.78, 5) is 11.3. The van der Waals surface area contributed by atoms with Gasteiger partial charge in [0, 0.05) is 0 Å². The molecule has 3 nitrogen and oxygen atoms in total. The van der Waals surface area contributed by atoms with Crippen molar-refractivity contribution in [3.05, 3.63) is 0 Å². The Balaban J connectivity index is 2.11. The van der Waals surface area contributed by atoms with Crippen molar-refractivity contribution < 1.29 is 18.0 Å². The lowest BCUT2D eigenvalue weighted by atomic mass is 10.0. The van der Waals surface area contributed by atoms with Gasteiger partial charge in [-0.2, -0.15) is 13.2 Å². The molecule has 1 amide bonds. The summed E-state index contributed by atoms with van der Waals surface area (Å²) in [5, 5.41) is 4.84. The molecule has 0 bridgehead atoms. The van der Waals surface area contributed by atoms with E-state index in [1.165, 1.54) is 25.7 Å². The molecule has 1 aliphatic rings. The largest absolute Gasteiger partial charge is 0.405 e. The van der Waals surface area contributed by atoms with Gasteiger partial charge in [-0.25, -0.2) is 0 Å². The summed E-state index contributed by atoms with van der Waals surface area (Å²) >= 11 is 0. The summed E-state index contributed by atoms with van der Waals surface area (Å²) in [5.74, 6) is 0.113. The molecular weight excluding hydrogens is 245 g/mol. The van der Waals surface area contributed by atoms with Crippen LogP contribution in [0.15, 0.2) is 0 Å². The Bertz CT molecular complexity index is 263. The Morgan fingerprint density at radius 1 is 1.33 bits per heavy atom. The fourth-order valence-corrected chi connectivity index (χ4v) is 2.24. The summed E-state index contributed by atoms with van der Waals surface area (Å²) in [7, 11) is 0. The minimum Gasteiger partial charge on any atom is -0.346 e. The SMILES string of the molecule is CC(NCCC1CCCC1)C(=O)NCC(F)(F)F. The zero-order valence-electron chi connectivity index (χ0n) is 10.6. The van der Waals surface area contributed by atoms with Gasteiger partial charge >= 0.3 is 6.18 Å². The van der Waals surface area contributed by atoms with E-state index in [4.69, 9.17) is 0 Å². The smallest absolute Gasteiger partial charge is 0.346 e. The lowest BCUT2D eigenvalue weighted by molar-refractivity contribution is -0.139. The molecule has 18 heavy (non-hydrogen) atoms. The number of rotatable bonds is 6. The first kappa shape index (κ1) is 15.3. The molecule has 0 aromatic heterocycles. The number of halogens is 3. The van der Waals surface area contributed by atoms with Crippen molar-refractivity contribution in [1.29, 1.82) is 0 Å². The molecule has 2 N–H and O–H groups in total. The van der Waals surface area contributed by atoms with E-state index in [2.05, 4.69) is 5.32 Å². The molecule has 1 unspecified atom stereocenters. The second kappa shape index (κ2) is 6.97. The van der Waals surface area contributed by atoms with Crippen molar-refractivity contribution in [3.8, 4) is 0 Å². The van der Waals surface area contributed by atoms with E-state index in [1.807, 2.05) is 5.32 Å². The van der Waals surface area contributed by atoms with E-state index < -0.39 is 24.7 Å². The van der Waals surface area contributed by atoms with Crippen LogP contribution >= 0.6 is 0 Å². The molecule has 1 aliphatic carbocycles. The molecule has 0 heterocycles. The van der Waals surface area contributed by atoms with E-state index in [-0.39, 0.29) is 0 Å². The Morgan fingerprint density at radius 2 is 1.94 bits per heavy atom. The first-order chi connectivity index (χ1) is 8.38. The maximum atomic E-state index is 11.9. The van der Waals surface area contributed by atoms with Gasteiger partial charge in [0.2, 0.25) is 5.91 Å². The van der Waals surface area contributed by atoms with Crippen LogP contribution in [0.2, 0.25) is 0 Å². The molecule has 6 heteroatoms.